The van der Waals surface area contributed by atoms with E-state index in [-0.39, 0.29) is 0 Å². The van der Waals surface area contributed by atoms with Crippen LogP contribution in [0.1, 0.15) is 22.3 Å². The Morgan fingerprint density at radius 2 is 0.855 bits per heavy atom. The molecule has 324 valence electrons. The lowest BCUT2D eigenvalue weighted by atomic mass is 9.67. The Hall–Kier alpha value is -9.05. The zero-order valence-corrected chi connectivity index (χ0v) is 37.8. The molecule has 0 saturated heterocycles. The molecule has 2 heterocycles. The van der Waals surface area contributed by atoms with E-state index in [1.807, 2.05) is 0 Å². The molecule has 69 heavy (non-hydrogen) atoms. The highest BCUT2D eigenvalue weighted by Crippen LogP contribution is 2.57. The Kier molecular flexibility index (Phi) is 9.73. The predicted octanol–water partition coefficient (Wildman–Crippen LogP) is 17.0. The van der Waals surface area contributed by atoms with Gasteiger partial charge in [-0.3, -0.25) is 0 Å². The van der Waals surface area contributed by atoms with Gasteiger partial charge < -0.3 is 4.90 Å². The summed E-state index contributed by atoms with van der Waals surface area (Å²) in [5, 5.41) is 7.81. The number of aromatic nitrogens is 2. The second-order valence-electron chi connectivity index (χ2n) is 17.9. The number of nitrogens with zero attached hydrogens (tertiary/aromatic N) is 3. The Morgan fingerprint density at radius 1 is 0.348 bits per heavy atom. The van der Waals surface area contributed by atoms with E-state index >= 15 is 0 Å². The van der Waals surface area contributed by atoms with Gasteiger partial charge in [0.15, 0.2) is 0 Å². The van der Waals surface area contributed by atoms with Gasteiger partial charge in [-0.1, -0.05) is 231 Å². The summed E-state index contributed by atoms with van der Waals surface area (Å²) in [5.41, 5.74) is 19.9. The summed E-state index contributed by atoms with van der Waals surface area (Å²) in [6.45, 7) is 0. The fraction of sp³-hybridized carbons (Fsp3) is 0.0152. The Labute approximate surface area is 402 Å². The Bertz CT molecular complexity index is 3770. The van der Waals surface area contributed by atoms with Gasteiger partial charge in [-0.25, -0.2) is 4.52 Å². The third-order valence-corrected chi connectivity index (χ3v) is 14.0. The largest absolute Gasteiger partial charge is 0.310 e. The summed E-state index contributed by atoms with van der Waals surface area (Å²) in [6, 6.07) is 99.2. The fourth-order valence-electron chi connectivity index (χ4n) is 11.0. The molecule has 0 bridgehead atoms. The Morgan fingerprint density at radius 3 is 1.52 bits per heavy atom. The molecule has 0 amide bonds. The van der Waals surface area contributed by atoms with Crippen molar-refractivity contribution in [1.29, 1.82) is 0 Å². The quantitative estimate of drug-likeness (QED) is 0.144. The summed E-state index contributed by atoms with van der Waals surface area (Å²) in [5.74, 6) is 0. The SMILES string of the molecule is c1ccc(-c2cccc(N(c3ccc4c(c3)C(c3ccccc3)(c3ccccc3)c3ccccc3-4)c3ccc4cc(-c5ccccc5)n5nc(-c6ccccc6)c(-c6ccccc6)c5c4c3)c2)cc1. The molecule has 1 aliphatic carbocycles. The van der Waals surface area contributed by atoms with E-state index in [0.29, 0.717) is 0 Å². The van der Waals surface area contributed by atoms with E-state index in [0.717, 1.165) is 72.6 Å². The number of pyridine rings is 1. The zero-order valence-electron chi connectivity index (χ0n) is 37.8. The molecule has 0 fully saturated rings. The van der Waals surface area contributed by atoms with Crippen LogP contribution in [0.15, 0.2) is 273 Å². The molecule has 13 rings (SSSR count). The minimum atomic E-state index is -0.554. The van der Waals surface area contributed by atoms with Gasteiger partial charge in [0.25, 0.3) is 0 Å². The number of fused-ring (bicyclic) bond motifs is 6. The van der Waals surface area contributed by atoms with Gasteiger partial charge in [0.05, 0.1) is 16.6 Å². The maximum absolute atomic E-state index is 5.56. The van der Waals surface area contributed by atoms with E-state index in [2.05, 4.69) is 282 Å². The van der Waals surface area contributed by atoms with Crippen molar-refractivity contribution < 1.29 is 0 Å². The van der Waals surface area contributed by atoms with Crippen LogP contribution in [0.25, 0.3) is 72.2 Å². The number of anilines is 3. The van der Waals surface area contributed by atoms with E-state index in [1.54, 1.807) is 0 Å². The molecule has 3 nitrogen and oxygen atoms in total. The molecular weight excluding hydrogens is 835 g/mol. The lowest BCUT2D eigenvalue weighted by Crippen LogP contribution is -2.28. The van der Waals surface area contributed by atoms with Crippen LogP contribution in [0.4, 0.5) is 17.1 Å². The van der Waals surface area contributed by atoms with Gasteiger partial charge in [-0.05, 0) is 97.9 Å². The molecule has 0 N–H and O–H groups in total. The third kappa shape index (κ3) is 6.62. The summed E-state index contributed by atoms with van der Waals surface area (Å²) < 4.78 is 2.19. The molecule has 1 aliphatic rings. The molecule has 0 aliphatic heterocycles. The molecule has 10 aromatic carbocycles. The van der Waals surface area contributed by atoms with E-state index in [1.165, 1.54) is 38.9 Å². The maximum atomic E-state index is 5.56. The first-order chi connectivity index (χ1) is 34.2. The summed E-state index contributed by atoms with van der Waals surface area (Å²) in [7, 11) is 0. The molecule has 2 aromatic heterocycles. The van der Waals surface area contributed by atoms with Crippen LogP contribution >= 0.6 is 0 Å². The van der Waals surface area contributed by atoms with Gasteiger partial charge in [0, 0.05) is 39.1 Å². The fourth-order valence-corrected chi connectivity index (χ4v) is 11.0. The molecule has 0 unspecified atom stereocenters. The van der Waals surface area contributed by atoms with Gasteiger partial charge in [0.1, 0.15) is 5.69 Å². The van der Waals surface area contributed by atoms with Gasteiger partial charge in [-0.15, -0.1) is 0 Å². The van der Waals surface area contributed by atoms with Gasteiger partial charge in [-0.2, -0.15) is 5.10 Å². The standard InChI is InChI=1S/C66H45N3/c1-7-22-46(23-8-1)50-30-21-35-54(42-50)68(56-40-41-58-57-36-19-20-37-60(57)66(61(58)45-56,52-31-15-5-16-32-52)53-33-17-6-18-34-53)55-39-38-51-43-62(47-24-9-2-10-25-47)69-65(59(51)44-55)63(48-26-11-3-12-27-48)64(67-69)49-28-13-4-14-29-49/h1-45H. The summed E-state index contributed by atoms with van der Waals surface area (Å²) in [6.07, 6.45) is 0. The van der Waals surface area contributed by atoms with Crippen LogP contribution in [0.2, 0.25) is 0 Å². The number of rotatable bonds is 9. The smallest absolute Gasteiger partial charge is 0.101 e. The molecule has 0 radical (unpaired) electrons. The van der Waals surface area contributed by atoms with Crippen molar-refractivity contribution >= 4 is 33.4 Å². The first-order valence-corrected chi connectivity index (χ1v) is 23.7. The number of benzene rings is 10. The minimum Gasteiger partial charge on any atom is -0.310 e. The molecule has 12 aromatic rings. The van der Waals surface area contributed by atoms with Crippen molar-refractivity contribution in [2.24, 2.45) is 0 Å². The normalized spacial score (nSPS) is 12.5. The average molecular weight is 880 g/mol. The average Bonchev–Trinajstić information content (AvgIpc) is 3.98. The maximum Gasteiger partial charge on any atom is 0.101 e. The van der Waals surface area contributed by atoms with E-state index in [9.17, 15) is 0 Å². The van der Waals surface area contributed by atoms with Gasteiger partial charge >= 0.3 is 0 Å². The summed E-state index contributed by atoms with van der Waals surface area (Å²) in [4.78, 5) is 2.45. The van der Waals surface area contributed by atoms with Crippen LogP contribution in [0.3, 0.4) is 0 Å². The van der Waals surface area contributed by atoms with Crippen LogP contribution in [-0.2, 0) is 5.41 Å². The van der Waals surface area contributed by atoms with Crippen LogP contribution in [0.5, 0.6) is 0 Å². The summed E-state index contributed by atoms with van der Waals surface area (Å²) >= 11 is 0. The monoisotopic (exact) mass is 879 g/mol. The van der Waals surface area contributed by atoms with Crippen molar-refractivity contribution in [1.82, 2.24) is 9.61 Å². The lowest BCUT2D eigenvalue weighted by molar-refractivity contribution is 0.768. The molecule has 3 heteroatoms. The molecule has 0 spiro atoms. The van der Waals surface area contributed by atoms with E-state index < -0.39 is 5.41 Å². The molecule has 0 atom stereocenters. The second kappa shape index (κ2) is 16.7. The van der Waals surface area contributed by atoms with Crippen molar-refractivity contribution in [2.75, 3.05) is 4.90 Å². The topological polar surface area (TPSA) is 20.5 Å². The third-order valence-electron chi connectivity index (χ3n) is 14.0. The molecular formula is C66H45N3. The van der Waals surface area contributed by atoms with Crippen molar-refractivity contribution in [3.05, 3.63) is 295 Å². The van der Waals surface area contributed by atoms with Crippen molar-refractivity contribution in [2.45, 2.75) is 5.41 Å². The first-order valence-electron chi connectivity index (χ1n) is 23.7. The number of hydrogen-bond donors (Lipinski definition) is 0. The van der Waals surface area contributed by atoms with Crippen LogP contribution in [0, 0.1) is 0 Å². The second-order valence-corrected chi connectivity index (χ2v) is 17.9. The predicted molar refractivity (Wildman–Crippen MR) is 286 cm³/mol. The minimum absolute atomic E-state index is 0.554. The van der Waals surface area contributed by atoms with Crippen LogP contribution < -0.4 is 4.90 Å². The van der Waals surface area contributed by atoms with Crippen LogP contribution in [-0.4, -0.2) is 9.61 Å². The highest BCUT2D eigenvalue weighted by atomic mass is 15.2. The highest BCUT2D eigenvalue weighted by molar-refractivity contribution is 6.10. The lowest BCUT2D eigenvalue weighted by Gasteiger charge is -2.35. The van der Waals surface area contributed by atoms with Crippen molar-refractivity contribution in [3.63, 3.8) is 0 Å². The highest BCUT2D eigenvalue weighted by Gasteiger charge is 2.46. The Balaban J connectivity index is 1.11. The first kappa shape index (κ1) is 40.2. The number of hydrogen-bond acceptors (Lipinski definition) is 2. The molecule has 0 saturated carbocycles. The van der Waals surface area contributed by atoms with Gasteiger partial charge in [0.2, 0.25) is 0 Å². The van der Waals surface area contributed by atoms with E-state index in [4.69, 9.17) is 5.10 Å². The van der Waals surface area contributed by atoms with Crippen molar-refractivity contribution in [3.8, 4) is 55.9 Å². The zero-order chi connectivity index (χ0) is 45.7.